The predicted molar refractivity (Wildman–Crippen MR) is 175 cm³/mol. The summed E-state index contributed by atoms with van der Waals surface area (Å²) in [6.07, 6.45) is 33.2. The highest BCUT2D eigenvalue weighted by atomic mass is 16.2. The lowest BCUT2D eigenvalue weighted by molar-refractivity contribution is -0.168. The van der Waals surface area contributed by atoms with E-state index in [2.05, 4.69) is 9.80 Å². The summed E-state index contributed by atoms with van der Waals surface area (Å²) in [5.74, 6) is 6.67. The lowest BCUT2D eigenvalue weighted by Crippen LogP contribution is -2.66. The van der Waals surface area contributed by atoms with Crippen LogP contribution in [0.4, 0.5) is 0 Å². The second-order valence-corrected chi connectivity index (χ2v) is 18.8. The third-order valence-electron chi connectivity index (χ3n) is 15.8. The van der Waals surface area contributed by atoms with Crippen molar-refractivity contribution in [1.29, 1.82) is 0 Å². The van der Waals surface area contributed by atoms with Gasteiger partial charge >= 0.3 is 0 Å². The molecule has 11 saturated carbocycles. The Morgan fingerprint density at radius 2 is 0.659 bits per heavy atom. The standard InChI is InChI=1S/C40H62N2O2/c43-37(41(35-7-3-1-4-8-35)39-21-27-15-28(22-39)17-29(16-27)23-39)33-11-13-34(14-12-33)38(44)42(36-9-5-2-6-10-36)40-24-30-18-31(25-40)20-32(19-30)26-40/h27-36H,1-26H2. The highest BCUT2D eigenvalue weighted by Crippen LogP contribution is 2.60. The van der Waals surface area contributed by atoms with Gasteiger partial charge in [0, 0.05) is 35.0 Å². The molecule has 0 aliphatic heterocycles. The van der Waals surface area contributed by atoms with Crippen molar-refractivity contribution in [2.45, 2.75) is 190 Å². The van der Waals surface area contributed by atoms with Crippen LogP contribution in [0.5, 0.6) is 0 Å². The molecule has 0 heterocycles. The monoisotopic (exact) mass is 602 g/mol. The Kier molecular flexibility index (Phi) is 7.46. The van der Waals surface area contributed by atoms with Crippen LogP contribution < -0.4 is 0 Å². The number of hydrogen-bond acceptors (Lipinski definition) is 2. The predicted octanol–water partition coefficient (Wildman–Crippen LogP) is 9.05. The highest BCUT2D eigenvalue weighted by Gasteiger charge is 2.58. The van der Waals surface area contributed by atoms with Gasteiger partial charge in [-0.1, -0.05) is 38.5 Å². The number of nitrogens with zero attached hydrogens (tertiary/aromatic N) is 2. The molecule has 2 amide bonds. The molecule has 11 aliphatic carbocycles. The van der Waals surface area contributed by atoms with Gasteiger partial charge in [-0.15, -0.1) is 0 Å². The molecule has 0 radical (unpaired) electrons. The van der Waals surface area contributed by atoms with Gasteiger partial charge in [0.05, 0.1) is 0 Å². The van der Waals surface area contributed by atoms with Crippen LogP contribution in [0.1, 0.15) is 167 Å². The molecular weight excluding hydrogens is 540 g/mol. The van der Waals surface area contributed by atoms with E-state index in [-0.39, 0.29) is 22.9 Å². The van der Waals surface area contributed by atoms with Crippen LogP contribution in [0.15, 0.2) is 0 Å². The number of carbonyl (C=O) groups excluding carboxylic acids is 2. The molecule has 0 spiro atoms. The first-order chi connectivity index (χ1) is 21.5. The van der Waals surface area contributed by atoms with E-state index in [1.54, 1.807) is 0 Å². The van der Waals surface area contributed by atoms with Crippen molar-refractivity contribution >= 4 is 11.8 Å². The molecule has 244 valence electrons. The van der Waals surface area contributed by atoms with Crippen molar-refractivity contribution < 1.29 is 9.59 Å². The van der Waals surface area contributed by atoms with Crippen LogP contribution in [0, 0.1) is 47.3 Å². The van der Waals surface area contributed by atoms with Gasteiger partial charge in [-0.25, -0.2) is 0 Å². The average molecular weight is 603 g/mol. The minimum Gasteiger partial charge on any atom is -0.334 e. The minimum absolute atomic E-state index is 0.164. The maximum absolute atomic E-state index is 14.8. The van der Waals surface area contributed by atoms with Crippen molar-refractivity contribution in [1.82, 2.24) is 9.80 Å². The van der Waals surface area contributed by atoms with Crippen molar-refractivity contribution in [3.05, 3.63) is 0 Å². The molecule has 0 aromatic rings. The summed E-state index contributed by atoms with van der Waals surface area (Å²) in [5, 5.41) is 0. The Balaban J connectivity index is 0.931. The lowest BCUT2D eigenvalue weighted by Gasteiger charge is -2.63. The van der Waals surface area contributed by atoms with Gasteiger partial charge in [-0.3, -0.25) is 9.59 Å². The second kappa shape index (κ2) is 11.3. The number of amides is 2. The maximum atomic E-state index is 14.8. The Hall–Kier alpha value is -1.06. The zero-order chi connectivity index (χ0) is 29.5. The van der Waals surface area contributed by atoms with Gasteiger partial charge in [0.25, 0.3) is 0 Å². The van der Waals surface area contributed by atoms with E-state index in [1.807, 2.05) is 0 Å². The average Bonchev–Trinajstić information content (AvgIpc) is 3.01. The van der Waals surface area contributed by atoms with Crippen LogP contribution in [-0.4, -0.2) is 44.8 Å². The Bertz CT molecular complexity index is 936. The number of rotatable bonds is 6. The number of hydrogen-bond donors (Lipinski definition) is 0. The van der Waals surface area contributed by atoms with Crippen LogP contribution in [0.2, 0.25) is 0 Å². The number of carbonyl (C=O) groups is 2. The molecule has 4 nitrogen and oxygen atoms in total. The molecule has 0 aromatic carbocycles. The normalized spacial score (nSPS) is 46.7. The Morgan fingerprint density at radius 1 is 0.386 bits per heavy atom. The van der Waals surface area contributed by atoms with Gasteiger partial charge in [0.15, 0.2) is 0 Å². The summed E-state index contributed by atoms with van der Waals surface area (Å²) >= 11 is 0. The van der Waals surface area contributed by atoms with Crippen molar-refractivity contribution in [2.75, 3.05) is 0 Å². The van der Waals surface area contributed by atoms with E-state index < -0.39 is 0 Å². The van der Waals surface area contributed by atoms with Gasteiger partial charge in [-0.05, 0) is 164 Å². The summed E-state index contributed by atoms with van der Waals surface area (Å²) in [4.78, 5) is 34.9. The molecular formula is C40H62N2O2. The summed E-state index contributed by atoms with van der Waals surface area (Å²) in [6, 6.07) is 0.981. The molecule has 0 atom stereocenters. The minimum atomic E-state index is 0.164. The summed E-state index contributed by atoms with van der Waals surface area (Å²) in [7, 11) is 0. The molecule has 4 heteroatoms. The molecule has 0 N–H and O–H groups in total. The molecule has 0 unspecified atom stereocenters. The smallest absolute Gasteiger partial charge is 0.226 e. The third-order valence-corrected chi connectivity index (χ3v) is 15.8. The zero-order valence-corrected chi connectivity index (χ0v) is 27.9. The van der Waals surface area contributed by atoms with E-state index >= 15 is 0 Å². The van der Waals surface area contributed by atoms with Crippen LogP contribution >= 0.6 is 0 Å². The third kappa shape index (κ3) is 4.94. The maximum Gasteiger partial charge on any atom is 0.226 e. The Morgan fingerprint density at radius 3 is 0.932 bits per heavy atom. The van der Waals surface area contributed by atoms with Gasteiger partial charge in [0.2, 0.25) is 11.8 Å². The van der Waals surface area contributed by atoms with E-state index in [9.17, 15) is 9.59 Å². The van der Waals surface area contributed by atoms with Crippen molar-refractivity contribution in [3.8, 4) is 0 Å². The first-order valence-corrected chi connectivity index (χ1v) is 20.1. The fourth-order valence-electron chi connectivity index (χ4n) is 15.0. The fraction of sp³-hybridized carbons (Fsp3) is 0.950. The highest BCUT2D eigenvalue weighted by molar-refractivity contribution is 5.83. The van der Waals surface area contributed by atoms with Crippen LogP contribution in [-0.2, 0) is 9.59 Å². The largest absolute Gasteiger partial charge is 0.334 e. The molecule has 11 rings (SSSR count). The van der Waals surface area contributed by atoms with Crippen LogP contribution in [0.3, 0.4) is 0 Å². The molecule has 0 saturated heterocycles. The summed E-state index contributed by atoms with van der Waals surface area (Å²) < 4.78 is 0. The van der Waals surface area contributed by atoms with E-state index in [4.69, 9.17) is 0 Å². The quantitative estimate of drug-likeness (QED) is 0.304. The first-order valence-electron chi connectivity index (χ1n) is 20.1. The molecule has 8 bridgehead atoms. The molecule has 11 aliphatic rings. The van der Waals surface area contributed by atoms with E-state index in [0.29, 0.717) is 23.9 Å². The van der Waals surface area contributed by atoms with Crippen molar-refractivity contribution in [2.24, 2.45) is 47.3 Å². The van der Waals surface area contributed by atoms with Gasteiger partial charge in [0.1, 0.15) is 0 Å². The van der Waals surface area contributed by atoms with E-state index in [1.165, 1.54) is 141 Å². The van der Waals surface area contributed by atoms with Crippen molar-refractivity contribution in [3.63, 3.8) is 0 Å². The first kappa shape index (κ1) is 29.1. The van der Waals surface area contributed by atoms with Gasteiger partial charge < -0.3 is 9.80 Å². The molecule has 0 aromatic heterocycles. The summed E-state index contributed by atoms with van der Waals surface area (Å²) in [5.41, 5.74) is 0.355. The summed E-state index contributed by atoms with van der Waals surface area (Å²) in [6.45, 7) is 0. The van der Waals surface area contributed by atoms with E-state index in [0.717, 1.165) is 61.2 Å². The van der Waals surface area contributed by atoms with Crippen LogP contribution in [0.25, 0.3) is 0 Å². The second-order valence-electron chi connectivity index (χ2n) is 18.8. The zero-order valence-electron chi connectivity index (χ0n) is 27.9. The van der Waals surface area contributed by atoms with Gasteiger partial charge in [-0.2, -0.15) is 0 Å². The fourth-order valence-corrected chi connectivity index (χ4v) is 15.0. The topological polar surface area (TPSA) is 40.6 Å². The Labute approximate surface area is 268 Å². The molecule has 11 fully saturated rings. The molecule has 44 heavy (non-hydrogen) atoms. The lowest BCUT2D eigenvalue weighted by atomic mass is 9.52. The SMILES string of the molecule is O=C(C1CCC(C(=O)N(C2CCCCC2)C23CC4CC(CC(C4)C2)C3)CC1)N(C1CCCCC1)C12CC3CC(CC(C3)C1)C2.